The lowest BCUT2D eigenvalue weighted by Gasteiger charge is -2.26. The Labute approximate surface area is 267 Å². The van der Waals surface area contributed by atoms with Crippen molar-refractivity contribution >= 4 is 58.2 Å². The number of nitrogens with zero attached hydrogens (tertiary/aromatic N) is 1. The molecule has 15 heteroatoms. The summed E-state index contributed by atoms with van der Waals surface area (Å²) in [7, 11) is 0. The normalized spacial score (nSPS) is 13.7. The summed E-state index contributed by atoms with van der Waals surface area (Å²) in [5.74, 6) is -2.98. The fraction of sp³-hybridized carbons (Fsp3) is 0.533. The fourth-order valence-corrected chi connectivity index (χ4v) is 5.23. The second kappa shape index (κ2) is 18.5. The van der Waals surface area contributed by atoms with Crippen LogP contribution < -0.4 is 32.7 Å². The van der Waals surface area contributed by atoms with Gasteiger partial charge in [-0.1, -0.05) is 32.0 Å². The number of rotatable bonds is 19. The van der Waals surface area contributed by atoms with Crippen molar-refractivity contribution < 1.29 is 29.1 Å². The highest BCUT2D eigenvalue weighted by Gasteiger charge is 2.31. The van der Waals surface area contributed by atoms with Gasteiger partial charge in [0.1, 0.15) is 24.2 Å². The maximum absolute atomic E-state index is 13.8. The Morgan fingerprint density at radius 2 is 1.53 bits per heavy atom. The maximum atomic E-state index is 13.8. The lowest BCUT2D eigenvalue weighted by Crippen LogP contribution is -2.58. The van der Waals surface area contributed by atoms with E-state index in [-0.39, 0.29) is 43.6 Å². The number of para-hydroxylation sites is 1. The molecule has 0 aliphatic carbocycles. The first kappa shape index (κ1) is 36.9. The quantitative estimate of drug-likeness (QED) is 0.0606. The van der Waals surface area contributed by atoms with Gasteiger partial charge in [-0.05, 0) is 55.2 Å². The van der Waals surface area contributed by atoms with Gasteiger partial charge in [0, 0.05) is 37.0 Å². The van der Waals surface area contributed by atoms with Crippen LogP contribution in [0.2, 0.25) is 0 Å². The zero-order valence-electron chi connectivity index (χ0n) is 26.2. The first-order valence-electron chi connectivity index (χ1n) is 14.8. The van der Waals surface area contributed by atoms with Gasteiger partial charge in [-0.3, -0.25) is 24.2 Å². The van der Waals surface area contributed by atoms with Crippen LogP contribution in [0.3, 0.4) is 0 Å². The predicted molar refractivity (Wildman–Crippen MR) is 175 cm³/mol. The van der Waals surface area contributed by atoms with Crippen LogP contribution in [0.1, 0.15) is 52.0 Å². The summed E-state index contributed by atoms with van der Waals surface area (Å²) >= 11 is 1.46. The van der Waals surface area contributed by atoms with Crippen LogP contribution in [0.15, 0.2) is 35.5 Å². The number of nitrogens with one attached hydrogen (secondary N) is 5. The molecule has 2 aromatic rings. The van der Waals surface area contributed by atoms with Crippen molar-refractivity contribution in [2.24, 2.45) is 22.4 Å². The molecule has 45 heavy (non-hydrogen) atoms. The molecule has 10 N–H and O–H groups in total. The van der Waals surface area contributed by atoms with E-state index in [0.29, 0.717) is 18.6 Å². The second-order valence-electron chi connectivity index (χ2n) is 11.2. The number of H-pyrrole nitrogens is 1. The minimum absolute atomic E-state index is 0.0701. The number of amides is 4. The van der Waals surface area contributed by atoms with Gasteiger partial charge in [-0.25, -0.2) is 4.79 Å². The minimum atomic E-state index is -1.23. The molecule has 0 radical (unpaired) electrons. The smallest absolute Gasteiger partial charge is 0.326 e. The number of benzene rings is 1. The Hall–Kier alpha value is -4.27. The molecule has 14 nitrogen and oxygen atoms in total. The molecule has 0 bridgehead atoms. The lowest BCUT2D eigenvalue weighted by atomic mass is 10.0. The molecule has 0 saturated heterocycles. The third-order valence-electron chi connectivity index (χ3n) is 6.94. The van der Waals surface area contributed by atoms with Gasteiger partial charge in [0.15, 0.2) is 5.96 Å². The van der Waals surface area contributed by atoms with Gasteiger partial charge in [0.2, 0.25) is 23.6 Å². The molecule has 2 rings (SSSR count). The second-order valence-corrected chi connectivity index (χ2v) is 12.2. The number of aromatic nitrogens is 1. The molecule has 0 aliphatic heterocycles. The van der Waals surface area contributed by atoms with Crippen LogP contribution in [0.5, 0.6) is 0 Å². The number of carbonyl (C=O) groups excluding carboxylic acids is 4. The summed E-state index contributed by atoms with van der Waals surface area (Å²) in [6.45, 7) is 5.34. The molecule has 0 saturated carbocycles. The number of fused-ring (bicyclic) bond motifs is 1. The van der Waals surface area contributed by atoms with Gasteiger partial charge < -0.3 is 42.8 Å². The molecule has 0 aliphatic rings. The van der Waals surface area contributed by atoms with Gasteiger partial charge in [0.05, 0.1) is 0 Å². The summed E-state index contributed by atoms with van der Waals surface area (Å²) in [5.41, 5.74) is 12.3. The van der Waals surface area contributed by atoms with Crippen LogP contribution >= 0.6 is 11.8 Å². The predicted octanol–water partition coefficient (Wildman–Crippen LogP) is 0.607. The molecule has 4 atom stereocenters. The highest BCUT2D eigenvalue weighted by Crippen LogP contribution is 2.20. The van der Waals surface area contributed by atoms with Gasteiger partial charge in [-0.15, -0.1) is 0 Å². The molecule has 0 unspecified atom stereocenters. The molecule has 248 valence electrons. The van der Waals surface area contributed by atoms with Crippen molar-refractivity contribution in [1.29, 1.82) is 0 Å². The highest BCUT2D eigenvalue weighted by molar-refractivity contribution is 7.98. The number of aliphatic imine (C=N–C) groups is 1. The first-order chi connectivity index (χ1) is 21.3. The summed E-state index contributed by atoms with van der Waals surface area (Å²) in [5, 5.41) is 21.3. The van der Waals surface area contributed by atoms with Crippen molar-refractivity contribution in [2.45, 2.75) is 77.0 Å². The molecule has 1 aromatic heterocycles. The lowest BCUT2D eigenvalue weighted by molar-refractivity contribution is -0.142. The van der Waals surface area contributed by atoms with Crippen molar-refractivity contribution in [1.82, 2.24) is 26.3 Å². The van der Waals surface area contributed by atoms with Gasteiger partial charge in [0.25, 0.3) is 0 Å². The van der Waals surface area contributed by atoms with Crippen molar-refractivity contribution in [3.63, 3.8) is 0 Å². The fourth-order valence-electron chi connectivity index (χ4n) is 4.76. The monoisotopic (exact) mass is 646 g/mol. The number of nitrogens with two attached hydrogens (primary N) is 2. The van der Waals surface area contributed by atoms with E-state index in [1.165, 1.54) is 18.7 Å². The molecule has 4 amide bonds. The standard InChI is InChI=1S/C30H46N8O6S/c1-17(2)14-24(35-18(3)39)27(41)38-25(15-19-16-34-21-9-6-5-8-20(19)21)28(42)36-22(11-13-45-4)26(40)37-23(29(43)44)10-7-12-33-30(31)32/h5-6,8-9,16-17,22-25,34H,7,10-15H2,1-4H3,(H,35,39)(H,36,42)(H,37,40)(H,38,41)(H,43,44)(H4,31,32,33)/t22-,23-,24-,25-/m0/s1. The van der Waals surface area contributed by atoms with Crippen LogP contribution in [0.4, 0.5) is 0 Å². The zero-order valence-corrected chi connectivity index (χ0v) is 27.0. The van der Waals surface area contributed by atoms with Crippen molar-refractivity contribution in [3.05, 3.63) is 36.0 Å². The number of guanidine groups is 1. The molecule has 0 spiro atoms. The van der Waals surface area contributed by atoms with Crippen LogP contribution in [-0.4, -0.2) is 88.4 Å². The Balaban J connectivity index is 2.31. The number of hydrogen-bond donors (Lipinski definition) is 8. The number of carboxylic acids is 1. The highest BCUT2D eigenvalue weighted by atomic mass is 32.2. The number of aromatic amines is 1. The van der Waals surface area contributed by atoms with Crippen LogP contribution in [0.25, 0.3) is 10.9 Å². The molecule has 1 aromatic carbocycles. The van der Waals surface area contributed by atoms with E-state index in [1.54, 1.807) is 6.20 Å². The number of thioether (sulfide) groups is 1. The van der Waals surface area contributed by atoms with Crippen molar-refractivity contribution in [2.75, 3.05) is 18.6 Å². The van der Waals surface area contributed by atoms with E-state index in [0.717, 1.165) is 16.5 Å². The third kappa shape index (κ3) is 12.7. The average Bonchev–Trinajstić information content (AvgIpc) is 3.37. The van der Waals surface area contributed by atoms with Crippen LogP contribution in [0, 0.1) is 5.92 Å². The summed E-state index contributed by atoms with van der Waals surface area (Å²) in [4.78, 5) is 71.3. The zero-order chi connectivity index (χ0) is 33.5. The molecule has 0 fully saturated rings. The Morgan fingerprint density at radius 3 is 2.16 bits per heavy atom. The Morgan fingerprint density at radius 1 is 0.911 bits per heavy atom. The molecular weight excluding hydrogens is 600 g/mol. The Bertz CT molecular complexity index is 1340. The van der Waals surface area contributed by atoms with E-state index in [4.69, 9.17) is 11.5 Å². The molecule has 1 heterocycles. The van der Waals surface area contributed by atoms with E-state index >= 15 is 0 Å². The SMILES string of the molecule is CSCC[C@H](NC(=O)[C@H](Cc1c[nH]c2ccccc12)NC(=O)[C@H](CC(C)C)NC(C)=O)C(=O)N[C@@H](CCCN=C(N)N)C(=O)O. The third-order valence-corrected chi connectivity index (χ3v) is 7.58. The maximum Gasteiger partial charge on any atom is 0.326 e. The van der Waals surface area contributed by atoms with Crippen LogP contribution in [-0.2, 0) is 30.4 Å². The van der Waals surface area contributed by atoms with E-state index in [2.05, 4.69) is 31.2 Å². The van der Waals surface area contributed by atoms with Gasteiger partial charge >= 0.3 is 5.97 Å². The number of aliphatic carboxylic acids is 1. The summed E-state index contributed by atoms with van der Waals surface area (Å²) in [6, 6.07) is 3.24. The van der Waals surface area contributed by atoms with E-state index in [1.807, 2.05) is 44.4 Å². The van der Waals surface area contributed by atoms with Gasteiger partial charge in [-0.2, -0.15) is 11.8 Å². The van der Waals surface area contributed by atoms with Crippen molar-refractivity contribution in [3.8, 4) is 0 Å². The number of carbonyl (C=O) groups is 5. The summed E-state index contributed by atoms with van der Waals surface area (Å²) in [6.07, 6.45) is 4.64. The average molecular weight is 647 g/mol. The largest absolute Gasteiger partial charge is 0.480 e. The number of carboxylic acid groups (broad SMARTS) is 1. The van der Waals surface area contributed by atoms with E-state index in [9.17, 15) is 29.1 Å². The minimum Gasteiger partial charge on any atom is -0.480 e. The molecular formula is C30H46N8O6S. The Kier molecular flexibility index (Phi) is 15.2. The number of hydrogen-bond acceptors (Lipinski definition) is 7. The first-order valence-corrected chi connectivity index (χ1v) is 16.2. The topological polar surface area (TPSA) is 234 Å². The van der Waals surface area contributed by atoms with E-state index < -0.39 is 47.9 Å². The summed E-state index contributed by atoms with van der Waals surface area (Å²) < 4.78 is 0.